The molecular formula is C16H14BrN7. The Morgan fingerprint density at radius 1 is 1.25 bits per heavy atom. The third-order valence-electron chi connectivity index (χ3n) is 3.90. The van der Waals surface area contributed by atoms with Crippen LogP contribution in [0.15, 0.2) is 47.3 Å². The first-order valence-corrected chi connectivity index (χ1v) is 8.14. The van der Waals surface area contributed by atoms with Gasteiger partial charge in [-0.05, 0) is 15.9 Å². The van der Waals surface area contributed by atoms with Crippen molar-refractivity contribution in [3.8, 4) is 11.4 Å². The van der Waals surface area contributed by atoms with Crippen LogP contribution in [0.25, 0.3) is 22.6 Å². The topological polar surface area (TPSA) is 88.2 Å². The summed E-state index contributed by atoms with van der Waals surface area (Å²) in [5.41, 5.74) is 3.48. The standard InChI is InChI=1S/C16H14BrN7/c1-23-12(11(17)7-20-23)8-24-9-19-14(18)13-16(24)22-15(21-13)10-5-3-2-4-6-10/h2-7,9,18H,8H2,1H3,(H,21,22). The fourth-order valence-corrected chi connectivity index (χ4v) is 3.08. The highest BCUT2D eigenvalue weighted by Gasteiger charge is 2.13. The molecule has 8 heteroatoms. The van der Waals surface area contributed by atoms with E-state index in [1.54, 1.807) is 12.5 Å². The summed E-state index contributed by atoms with van der Waals surface area (Å²) in [5, 5.41) is 12.3. The Hall–Kier alpha value is -2.74. The SMILES string of the molecule is Cn1ncc(Br)c1Cn1cnc(=N)c2[nH]c(-c3ccccc3)nc21. The Morgan fingerprint density at radius 3 is 2.75 bits per heavy atom. The minimum Gasteiger partial charge on any atom is -0.334 e. The van der Waals surface area contributed by atoms with E-state index in [0.717, 1.165) is 21.6 Å². The van der Waals surface area contributed by atoms with E-state index < -0.39 is 0 Å². The number of halogens is 1. The minimum atomic E-state index is 0.181. The van der Waals surface area contributed by atoms with E-state index in [9.17, 15) is 0 Å². The zero-order valence-electron chi connectivity index (χ0n) is 12.9. The van der Waals surface area contributed by atoms with Crippen molar-refractivity contribution in [1.82, 2.24) is 29.3 Å². The van der Waals surface area contributed by atoms with Gasteiger partial charge in [-0.1, -0.05) is 30.3 Å². The van der Waals surface area contributed by atoms with Crippen molar-refractivity contribution in [2.45, 2.75) is 6.54 Å². The van der Waals surface area contributed by atoms with Gasteiger partial charge in [0, 0.05) is 12.6 Å². The van der Waals surface area contributed by atoms with Gasteiger partial charge in [-0.3, -0.25) is 10.1 Å². The number of benzene rings is 1. The third-order valence-corrected chi connectivity index (χ3v) is 4.56. The number of aromatic amines is 1. The molecule has 24 heavy (non-hydrogen) atoms. The van der Waals surface area contributed by atoms with Gasteiger partial charge in [-0.2, -0.15) is 5.10 Å². The number of fused-ring (bicyclic) bond motifs is 1. The second-order valence-electron chi connectivity index (χ2n) is 5.43. The number of nitrogens with zero attached hydrogens (tertiary/aromatic N) is 5. The Kier molecular flexibility index (Phi) is 3.53. The van der Waals surface area contributed by atoms with Crippen molar-refractivity contribution >= 4 is 27.1 Å². The maximum absolute atomic E-state index is 8.05. The molecule has 0 saturated heterocycles. The quantitative estimate of drug-likeness (QED) is 0.569. The summed E-state index contributed by atoms with van der Waals surface area (Å²) in [5.74, 6) is 0.727. The first-order chi connectivity index (χ1) is 11.6. The van der Waals surface area contributed by atoms with Crippen LogP contribution in [0.3, 0.4) is 0 Å². The van der Waals surface area contributed by atoms with Gasteiger partial charge in [-0.15, -0.1) is 0 Å². The van der Waals surface area contributed by atoms with Gasteiger partial charge >= 0.3 is 0 Å². The summed E-state index contributed by atoms with van der Waals surface area (Å²) < 4.78 is 4.65. The third kappa shape index (κ3) is 2.44. The molecule has 0 aliphatic rings. The van der Waals surface area contributed by atoms with E-state index in [4.69, 9.17) is 5.41 Å². The predicted octanol–water partition coefficient (Wildman–Crippen LogP) is 2.45. The van der Waals surface area contributed by atoms with Gasteiger partial charge < -0.3 is 9.55 Å². The smallest absolute Gasteiger partial charge is 0.173 e. The van der Waals surface area contributed by atoms with Crippen molar-refractivity contribution in [2.24, 2.45) is 7.05 Å². The average molecular weight is 384 g/mol. The van der Waals surface area contributed by atoms with Crippen molar-refractivity contribution in [1.29, 1.82) is 5.41 Å². The largest absolute Gasteiger partial charge is 0.334 e. The fourth-order valence-electron chi connectivity index (χ4n) is 2.61. The Morgan fingerprint density at radius 2 is 2.04 bits per heavy atom. The van der Waals surface area contributed by atoms with Crippen LogP contribution in [0.5, 0.6) is 0 Å². The number of hydrogen-bond donors (Lipinski definition) is 2. The van der Waals surface area contributed by atoms with Crippen LogP contribution in [-0.2, 0) is 13.6 Å². The molecule has 0 aliphatic carbocycles. The number of rotatable bonds is 3. The lowest BCUT2D eigenvalue weighted by atomic mass is 10.2. The molecule has 0 unspecified atom stereocenters. The van der Waals surface area contributed by atoms with E-state index in [0.29, 0.717) is 17.7 Å². The molecule has 3 aromatic heterocycles. The molecule has 0 amide bonds. The number of aromatic nitrogens is 6. The number of aryl methyl sites for hydroxylation is 1. The van der Waals surface area contributed by atoms with Crippen LogP contribution in [0.1, 0.15) is 5.69 Å². The molecule has 0 spiro atoms. The van der Waals surface area contributed by atoms with Crippen LogP contribution >= 0.6 is 15.9 Å². The lowest BCUT2D eigenvalue weighted by molar-refractivity contribution is 0.664. The normalized spacial score (nSPS) is 11.2. The van der Waals surface area contributed by atoms with Crippen molar-refractivity contribution in [3.05, 3.63) is 58.5 Å². The number of H-pyrrole nitrogens is 1. The van der Waals surface area contributed by atoms with Crippen LogP contribution in [0.2, 0.25) is 0 Å². The monoisotopic (exact) mass is 383 g/mol. The van der Waals surface area contributed by atoms with Gasteiger partial charge in [0.25, 0.3) is 0 Å². The van der Waals surface area contributed by atoms with E-state index >= 15 is 0 Å². The summed E-state index contributed by atoms with van der Waals surface area (Å²) in [6, 6.07) is 9.85. The molecule has 0 radical (unpaired) electrons. The molecule has 4 rings (SSSR count). The van der Waals surface area contributed by atoms with Crippen molar-refractivity contribution in [3.63, 3.8) is 0 Å². The first-order valence-electron chi connectivity index (χ1n) is 7.35. The highest BCUT2D eigenvalue weighted by Crippen LogP contribution is 2.20. The van der Waals surface area contributed by atoms with Crippen LogP contribution in [0.4, 0.5) is 0 Å². The molecule has 0 aliphatic heterocycles. The number of imidazole rings is 1. The Bertz CT molecular complexity index is 1060. The molecule has 0 atom stereocenters. The van der Waals surface area contributed by atoms with E-state index in [-0.39, 0.29) is 5.49 Å². The molecule has 4 aromatic rings. The fraction of sp³-hybridized carbons (Fsp3) is 0.125. The number of hydrogen-bond acceptors (Lipinski definition) is 4. The van der Waals surface area contributed by atoms with Gasteiger partial charge in [0.2, 0.25) is 0 Å². The van der Waals surface area contributed by atoms with Crippen LogP contribution < -0.4 is 5.49 Å². The lowest BCUT2D eigenvalue weighted by Gasteiger charge is -2.08. The molecule has 7 nitrogen and oxygen atoms in total. The maximum atomic E-state index is 8.05. The summed E-state index contributed by atoms with van der Waals surface area (Å²) in [6.07, 6.45) is 3.40. The molecule has 120 valence electrons. The van der Waals surface area contributed by atoms with Crippen molar-refractivity contribution in [2.75, 3.05) is 0 Å². The first kappa shape index (κ1) is 14.8. The molecule has 3 heterocycles. The van der Waals surface area contributed by atoms with E-state index in [2.05, 4.69) is 36.0 Å². The second-order valence-corrected chi connectivity index (χ2v) is 6.29. The summed E-state index contributed by atoms with van der Waals surface area (Å²) in [6.45, 7) is 0.556. The molecule has 0 saturated carbocycles. The second kappa shape index (κ2) is 5.72. The van der Waals surface area contributed by atoms with Gasteiger partial charge in [0.05, 0.1) is 29.2 Å². The molecule has 0 fully saturated rings. The Balaban J connectivity index is 1.87. The van der Waals surface area contributed by atoms with Gasteiger partial charge in [-0.25, -0.2) is 9.97 Å². The zero-order chi connectivity index (χ0) is 16.7. The van der Waals surface area contributed by atoms with E-state index in [1.807, 2.05) is 46.6 Å². The highest BCUT2D eigenvalue weighted by molar-refractivity contribution is 9.10. The Labute approximate surface area is 145 Å². The number of nitrogens with one attached hydrogen (secondary N) is 2. The van der Waals surface area contributed by atoms with Crippen molar-refractivity contribution < 1.29 is 0 Å². The molecule has 0 bridgehead atoms. The van der Waals surface area contributed by atoms with E-state index in [1.165, 1.54) is 0 Å². The highest BCUT2D eigenvalue weighted by atomic mass is 79.9. The van der Waals surface area contributed by atoms with Gasteiger partial charge in [0.1, 0.15) is 11.3 Å². The zero-order valence-corrected chi connectivity index (χ0v) is 14.4. The summed E-state index contributed by atoms with van der Waals surface area (Å²) in [7, 11) is 1.89. The molecule has 2 N–H and O–H groups in total. The maximum Gasteiger partial charge on any atom is 0.173 e. The predicted molar refractivity (Wildman–Crippen MR) is 93.2 cm³/mol. The van der Waals surface area contributed by atoms with Gasteiger partial charge in [0.15, 0.2) is 11.1 Å². The van der Waals surface area contributed by atoms with Crippen LogP contribution in [0, 0.1) is 5.41 Å². The molecular weight excluding hydrogens is 370 g/mol. The summed E-state index contributed by atoms with van der Waals surface area (Å²) >= 11 is 3.51. The summed E-state index contributed by atoms with van der Waals surface area (Å²) in [4.78, 5) is 12.1. The lowest BCUT2D eigenvalue weighted by Crippen LogP contribution is -2.14. The molecule has 1 aromatic carbocycles. The van der Waals surface area contributed by atoms with Crippen LogP contribution in [-0.4, -0.2) is 29.3 Å². The minimum absolute atomic E-state index is 0.181. The average Bonchev–Trinajstić information content (AvgIpc) is 3.18.